The zero-order valence-corrected chi connectivity index (χ0v) is 67.4. The van der Waals surface area contributed by atoms with Gasteiger partial charge in [-0.3, -0.25) is 15.2 Å². The van der Waals surface area contributed by atoms with Crippen LogP contribution in [0.2, 0.25) is 0 Å². The van der Waals surface area contributed by atoms with Crippen molar-refractivity contribution in [3.8, 4) is 0 Å². The van der Waals surface area contributed by atoms with Crippen molar-refractivity contribution in [3.63, 3.8) is 0 Å². The maximum atomic E-state index is 4.36. The highest BCUT2D eigenvalue weighted by molar-refractivity contribution is 7.07. The van der Waals surface area contributed by atoms with Crippen LogP contribution in [0.4, 0.5) is 0 Å². The average Bonchev–Trinajstić information content (AvgIpc) is 4.53. The second-order valence-electron chi connectivity index (χ2n) is 6.52. The van der Waals surface area contributed by atoms with Gasteiger partial charge < -0.3 is 8.94 Å². The molecule has 544 valence electrons. The lowest BCUT2D eigenvalue weighted by Gasteiger charge is -1.70. The minimum atomic E-state index is 1.26. The molecule has 0 amide bonds. The molecule has 0 aromatic carbocycles. The molecule has 91 heavy (non-hydrogen) atoms. The topological polar surface area (TPSA) is 363 Å². The van der Waals surface area contributed by atoms with Crippen molar-refractivity contribution in [1.82, 2.24) is 127 Å². The molecule has 0 aliphatic heterocycles. The Bertz CT molecular complexity index is 1200. The molecular formula is C62H147N25O2S2. The summed E-state index contributed by atoms with van der Waals surface area (Å²) in [7, 11) is 0. The summed E-state index contributed by atoms with van der Waals surface area (Å²) >= 11 is 2.84. The summed E-state index contributed by atoms with van der Waals surface area (Å²) in [6.45, 7) is 80.0. The van der Waals surface area contributed by atoms with E-state index >= 15 is 0 Å². The van der Waals surface area contributed by atoms with E-state index in [4.69, 9.17) is 0 Å². The molecule has 0 radical (unpaired) electrons. The minimum absolute atomic E-state index is 1.26. The number of nitrogens with zero attached hydrogens (tertiary/aromatic N) is 20. The summed E-state index contributed by atoms with van der Waals surface area (Å²) in [5, 5.41) is 59.6. The summed E-state index contributed by atoms with van der Waals surface area (Å²) in [5.74, 6) is 0. The van der Waals surface area contributed by atoms with Gasteiger partial charge in [0.25, 0.3) is 0 Å². The van der Waals surface area contributed by atoms with Gasteiger partial charge in [0.1, 0.15) is 48.2 Å². The standard InChI is InChI=1S/C5H5N.4C2H3N3.2C2H2N2O.2C2H2N2S.20C2H6.CH2N4/c1-2-4-6-5-3-1;2*1-3-2-5-4-1;2*1-2-4-5-3-1;1-3-4-2-5-1;1-3-2-5-4-1;1-3-4-2-5-1;1-3-2-5-4-1;20*1-2;1-2-4-5-3-1/h1-5H;4*1-2H,(H,3,4,5);4*1-2H;20*1-2H3;1H,(H,2,3,4,5). The van der Waals surface area contributed by atoms with Crippen molar-refractivity contribution in [3.05, 3.63) is 135 Å². The Labute approximate surface area is 568 Å². The van der Waals surface area contributed by atoms with Gasteiger partial charge in [0.2, 0.25) is 19.2 Å². The number of H-pyrrole nitrogens is 5. The maximum absolute atomic E-state index is 4.36. The molecule has 29 heteroatoms. The van der Waals surface area contributed by atoms with E-state index in [-0.39, 0.29) is 0 Å². The van der Waals surface area contributed by atoms with Crippen LogP contribution >= 0.6 is 22.9 Å². The van der Waals surface area contributed by atoms with Crippen LogP contribution in [0.5, 0.6) is 0 Å². The Balaban J connectivity index is -0.0000000323. The third kappa shape index (κ3) is 283. The minimum Gasteiger partial charge on any atom is -0.431 e. The van der Waals surface area contributed by atoms with Crippen molar-refractivity contribution >= 4 is 22.9 Å². The number of rotatable bonds is 0. The number of hydrogen-bond donors (Lipinski definition) is 5. The number of aromatic amines is 5. The van der Waals surface area contributed by atoms with E-state index in [1.165, 1.54) is 86.3 Å². The Morgan fingerprint density at radius 3 is 0.725 bits per heavy atom. The first-order valence-corrected chi connectivity index (χ1v) is 34.7. The SMILES string of the molecule is CC.CC.CC.CC.CC.CC.CC.CC.CC.CC.CC.CC.CC.CC.CC.CC.CC.CC.CC.CC.c1ccncc1.c1cn[nH]n1.c1cn[nH]n1.c1nc[nH]n1.c1nc[nH]n1.c1ncon1.c1ncsn1.c1nn[nH]n1.c1nnco1.c1nncs1. The van der Waals surface area contributed by atoms with Gasteiger partial charge in [-0.15, -0.1) is 41.9 Å². The Hall–Kier alpha value is -7.82. The van der Waals surface area contributed by atoms with Crippen LogP contribution in [0.1, 0.15) is 277 Å². The molecule has 0 spiro atoms. The quantitative estimate of drug-likeness (QED) is 0.0941. The Morgan fingerprint density at radius 1 is 0.275 bits per heavy atom. The molecule has 0 bridgehead atoms. The fraction of sp³-hybridized carbons (Fsp3) is 0.645. The van der Waals surface area contributed by atoms with Crippen molar-refractivity contribution in [2.75, 3.05) is 0 Å². The van der Waals surface area contributed by atoms with Gasteiger partial charge in [0, 0.05) is 12.4 Å². The first-order chi connectivity index (χ1) is 45.5. The van der Waals surface area contributed by atoms with Crippen LogP contribution in [0, 0.1) is 0 Å². The number of aromatic nitrogens is 25. The molecule has 0 saturated carbocycles. The third-order valence-corrected chi connectivity index (χ3v) is 4.16. The molecule has 0 aliphatic carbocycles. The third-order valence-electron chi connectivity index (χ3n) is 3.29. The molecule has 10 rings (SSSR count). The fourth-order valence-corrected chi connectivity index (χ4v) is 2.20. The van der Waals surface area contributed by atoms with E-state index < -0.39 is 0 Å². The summed E-state index contributed by atoms with van der Waals surface area (Å²) in [6, 6.07) is 5.72. The lowest BCUT2D eigenvalue weighted by Crippen LogP contribution is -1.64. The van der Waals surface area contributed by atoms with Crippen LogP contribution in [0.25, 0.3) is 0 Å². The van der Waals surface area contributed by atoms with Crippen LogP contribution in [-0.4, -0.2) is 127 Å². The molecular weight excluding hydrogens is 1190 g/mol. The van der Waals surface area contributed by atoms with Crippen molar-refractivity contribution in [2.45, 2.75) is 277 Å². The highest BCUT2D eigenvalue weighted by Gasteiger charge is 1.64. The van der Waals surface area contributed by atoms with Crippen LogP contribution in [-0.2, 0) is 0 Å². The second-order valence-corrected chi connectivity index (χ2v) is 7.84. The normalized spacial score (nSPS) is 5.80. The van der Waals surface area contributed by atoms with Gasteiger partial charge in [-0.05, 0) is 23.7 Å². The van der Waals surface area contributed by atoms with E-state index in [1.54, 1.807) is 53.7 Å². The summed E-state index contributed by atoms with van der Waals surface area (Å²) in [5.41, 5.74) is 5.04. The zero-order chi connectivity index (χ0) is 76.1. The largest absolute Gasteiger partial charge is 0.431 e. The molecule has 0 unspecified atom stereocenters. The van der Waals surface area contributed by atoms with E-state index in [0.717, 1.165) is 0 Å². The van der Waals surface area contributed by atoms with Crippen LogP contribution in [0.15, 0.2) is 144 Å². The fourth-order valence-electron chi connectivity index (χ4n) is 1.65. The van der Waals surface area contributed by atoms with E-state index in [2.05, 4.69) is 136 Å². The van der Waals surface area contributed by atoms with Crippen LogP contribution in [0.3, 0.4) is 0 Å². The number of pyridine rings is 1. The van der Waals surface area contributed by atoms with Gasteiger partial charge in [0.05, 0.1) is 24.8 Å². The predicted octanol–water partition coefficient (Wildman–Crippen LogP) is 21.2. The molecule has 0 atom stereocenters. The average molecular weight is 1340 g/mol. The van der Waals surface area contributed by atoms with Gasteiger partial charge in [-0.25, -0.2) is 19.9 Å². The first kappa shape index (κ1) is 141. The van der Waals surface area contributed by atoms with Gasteiger partial charge in [-0.2, -0.15) is 50.6 Å². The lowest BCUT2D eigenvalue weighted by molar-refractivity contribution is 0.416. The number of hydrogen-bond acceptors (Lipinski definition) is 24. The van der Waals surface area contributed by atoms with Crippen molar-refractivity contribution in [2.24, 2.45) is 0 Å². The van der Waals surface area contributed by atoms with E-state index in [9.17, 15) is 0 Å². The highest BCUT2D eigenvalue weighted by Crippen LogP contribution is 1.81. The Morgan fingerprint density at radius 2 is 0.637 bits per heavy atom. The van der Waals surface area contributed by atoms with Crippen LogP contribution < -0.4 is 0 Å². The predicted molar refractivity (Wildman–Crippen MR) is 399 cm³/mol. The molecule has 10 heterocycles. The smallest absolute Gasteiger partial charge is 0.213 e. The Kier molecular flexibility index (Phi) is 449. The zero-order valence-electron chi connectivity index (χ0n) is 65.8. The van der Waals surface area contributed by atoms with E-state index in [1.807, 2.05) is 295 Å². The second kappa shape index (κ2) is 290. The van der Waals surface area contributed by atoms with Gasteiger partial charge in [-0.1, -0.05) is 293 Å². The van der Waals surface area contributed by atoms with Crippen molar-refractivity contribution < 1.29 is 8.94 Å². The number of nitrogens with one attached hydrogen (secondary N) is 5. The van der Waals surface area contributed by atoms with Crippen molar-refractivity contribution in [1.29, 1.82) is 0 Å². The molecule has 10 aromatic heterocycles. The monoisotopic (exact) mass is 1340 g/mol. The molecule has 27 nitrogen and oxygen atoms in total. The molecule has 0 saturated heterocycles. The number of tetrazole rings is 1. The van der Waals surface area contributed by atoms with Gasteiger partial charge in [0.15, 0.2) is 12.7 Å². The highest BCUT2D eigenvalue weighted by atomic mass is 32.1. The lowest BCUT2D eigenvalue weighted by atomic mass is 10.5. The van der Waals surface area contributed by atoms with Gasteiger partial charge >= 0.3 is 0 Å². The molecule has 0 fully saturated rings. The molecule has 10 aromatic rings. The summed E-state index contributed by atoms with van der Waals surface area (Å²) in [6.07, 6.45) is 23.7. The molecule has 5 N–H and O–H groups in total. The van der Waals surface area contributed by atoms with E-state index in [0.29, 0.717) is 0 Å². The molecule has 0 aliphatic rings. The maximum Gasteiger partial charge on any atom is 0.213 e. The summed E-state index contributed by atoms with van der Waals surface area (Å²) < 4.78 is 12.2. The first-order valence-electron chi connectivity index (χ1n) is 32.9. The summed E-state index contributed by atoms with van der Waals surface area (Å²) in [4.78, 5) is 18.0.